The van der Waals surface area contributed by atoms with Gasteiger partial charge in [0.15, 0.2) is 10.8 Å². The average molecular weight is 526 g/mol. The molecule has 0 fully saturated rings. The summed E-state index contributed by atoms with van der Waals surface area (Å²) in [5.41, 5.74) is -1.58. The number of methoxy groups -OCH3 is 1. The van der Waals surface area contributed by atoms with E-state index >= 15 is 0 Å². The molecule has 2 aromatic rings. The van der Waals surface area contributed by atoms with Crippen LogP contribution in [0.15, 0.2) is 39.7 Å². The van der Waals surface area contributed by atoms with E-state index in [9.17, 15) is 33.8 Å². The first kappa shape index (κ1) is 28.7. The molecule has 0 aliphatic rings. The molecular formula is C24H28FNO9S. The van der Waals surface area contributed by atoms with Crippen LogP contribution < -0.4 is 15.7 Å². The molecule has 1 amide bonds. The van der Waals surface area contributed by atoms with Crippen LogP contribution in [0.25, 0.3) is 0 Å². The van der Waals surface area contributed by atoms with E-state index in [-0.39, 0.29) is 18.3 Å². The van der Waals surface area contributed by atoms with E-state index in [1.54, 1.807) is 13.0 Å². The number of thiophene rings is 1. The molecule has 12 heteroatoms. The molecule has 2 heterocycles. The van der Waals surface area contributed by atoms with Gasteiger partial charge >= 0.3 is 17.8 Å². The first-order chi connectivity index (χ1) is 17.0. The van der Waals surface area contributed by atoms with E-state index in [0.717, 1.165) is 11.3 Å². The Labute approximate surface area is 210 Å². The highest BCUT2D eigenvalue weighted by atomic mass is 32.1. The van der Waals surface area contributed by atoms with Crippen LogP contribution in [0.5, 0.6) is 10.8 Å². The van der Waals surface area contributed by atoms with Crippen molar-refractivity contribution in [1.29, 1.82) is 0 Å². The first-order valence-corrected chi connectivity index (χ1v) is 11.9. The van der Waals surface area contributed by atoms with E-state index in [4.69, 9.17) is 9.15 Å². The maximum atomic E-state index is 12.9. The van der Waals surface area contributed by atoms with Crippen molar-refractivity contribution in [3.63, 3.8) is 0 Å². The molecule has 0 saturated carbocycles. The third-order valence-corrected chi connectivity index (χ3v) is 6.34. The molecule has 196 valence electrons. The number of aliphatic hydroxyl groups excluding tert-OH is 1. The van der Waals surface area contributed by atoms with Gasteiger partial charge in [0.2, 0.25) is 0 Å². The molecule has 3 unspecified atom stereocenters. The zero-order chi connectivity index (χ0) is 26.8. The molecular weight excluding hydrogens is 497 g/mol. The molecule has 0 bridgehead atoms. The fourth-order valence-corrected chi connectivity index (χ4v) is 4.12. The number of allylic oxidation sites excluding steroid dienone is 1. The summed E-state index contributed by atoms with van der Waals surface area (Å²) in [5.74, 6) is -2.55. The Bertz CT molecular complexity index is 1160. The molecule has 0 saturated heterocycles. The molecule has 0 spiro atoms. The molecule has 36 heavy (non-hydrogen) atoms. The molecule has 0 aliphatic carbocycles. The Morgan fingerprint density at radius 1 is 1.28 bits per heavy atom. The monoisotopic (exact) mass is 525 g/mol. The number of ether oxygens (including phenoxy) is 2. The highest BCUT2D eigenvalue weighted by Gasteiger charge is 2.31. The zero-order valence-electron chi connectivity index (χ0n) is 20.0. The van der Waals surface area contributed by atoms with Gasteiger partial charge in [0.25, 0.3) is 0 Å². The van der Waals surface area contributed by atoms with Crippen LogP contribution in [0.1, 0.15) is 66.1 Å². The van der Waals surface area contributed by atoms with E-state index in [2.05, 4.69) is 10.1 Å². The predicted molar refractivity (Wildman–Crippen MR) is 128 cm³/mol. The largest absolute Gasteiger partial charge is 0.507 e. The number of aliphatic hydroxyl groups is 1. The number of hydrogen-bond donors (Lipinski definition) is 3. The Morgan fingerprint density at radius 3 is 2.64 bits per heavy atom. The molecule has 0 aromatic carbocycles. The van der Waals surface area contributed by atoms with Crippen molar-refractivity contribution in [2.45, 2.75) is 45.1 Å². The summed E-state index contributed by atoms with van der Waals surface area (Å²) in [6.07, 6.45) is 1.84. The summed E-state index contributed by atoms with van der Waals surface area (Å²) in [6.45, 7) is 3.01. The summed E-state index contributed by atoms with van der Waals surface area (Å²) < 4.78 is 27.2. The molecule has 10 nitrogen and oxygen atoms in total. The van der Waals surface area contributed by atoms with Crippen LogP contribution in [-0.2, 0) is 9.53 Å². The number of hydrogen-bond acceptors (Lipinski definition) is 10. The average Bonchev–Trinajstić information content (AvgIpc) is 3.30. The predicted octanol–water partition coefficient (Wildman–Crippen LogP) is 3.98. The van der Waals surface area contributed by atoms with Crippen LogP contribution in [0.2, 0.25) is 0 Å². The third kappa shape index (κ3) is 8.02. The number of alkyl carbamates (subject to hydrolysis) is 1. The highest BCUT2D eigenvalue weighted by Crippen LogP contribution is 2.35. The lowest BCUT2D eigenvalue weighted by molar-refractivity contribution is -0.129. The normalized spacial score (nSPS) is 13.7. The number of halogens is 1. The minimum Gasteiger partial charge on any atom is -0.507 e. The lowest BCUT2D eigenvalue weighted by Gasteiger charge is -2.17. The second-order valence-electron chi connectivity index (χ2n) is 7.92. The number of aromatic hydroxyl groups is 1. The number of ketones is 1. The van der Waals surface area contributed by atoms with Crippen molar-refractivity contribution in [1.82, 2.24) is 5.32 Å². The summed E-state index contributed by atoms with van der Waals surface area (Å²) in [5, 5.41) is 23.8. The minimum absolute atomic E-state index is 0.166. The molecule has 3 atom stereocenters. The van der Waals surface area contributed by atoms with Gasteiger partial charge in [0, 0.05) is 23.1 Å². The van der Waals surface area contributed by atoms with Crippen LogP contribution in [0.4, 0.5) is 9.18 Å². The van der Waals surface area contributed by atoms with Crippen molar-refractivity contribution >= 4 is 29.3 Å². The van der Waals surface area contributed by atoms with Crippen LogP contribution in [0.3, 0.4) is 0 Å². The molecule has 0 radical (unpaired) electrons. The van der Waals surface area contributed by atoms with E-state index in [1.807, 2.05) is 0 Å². The number of amides is 1. The Hall–Kier alpha value is -3.51. The first-order valence-electron chi connectivity index (χ1n) is 11.0. The van der Waals surface area contributed by atoms with Crippen LogP contribution in [-0.4, -0.2) is 41.8 Å². The summed E-state index contributed by atoms with van der Waals surface area (Å²) in [4.78, 5) is 47.2. The lowest BCUT2D eigenvalue weighted by Crippen LogP contribution is -2.25. The number of Topliss-reactive ketones (excluding diaryl/α,β-unsaturated/α-hetero) is 1. The van der Waals surface area contributed by atoms with Crippen molar-refractivity contribution in [3.05, 3.63) is 57.1 Å². The van der Waals surface area contributed by atoms with Crippen molar-refractivity contribution in [2.75, 3.05) is 13.7 Å². The topological polar surface area (TPSA) is 152 Å². The maximum absolute atomic E-state index is 12.9. The van der Waals surface area contributed by atoms with Gasteiger partial charge in [0.1, 0.15) is 17.1 Å². The number of nitrogens with one attached hydrogen (secondary N) is 1. The Balaban J connectivity index is 2.05. The van der Waals surface area contributed by atoms with E-state index < -0.39 is 53.3 Å². The van der Waals surface area contributed by atoms with E-state index in [1.165, 1.54) is 38.4 Å². The van der Waals surface area contributed by atoms with Gasteiger partial charge in [-0.3, -0.25) is 14.9 Å². The third-order valence-electron chi connectivity index (χ3n) is 5.28. The fourth-order valence-electron chi connectivity index (χ4n) is 3.15. The van der Waals surface area contributed by atoms with E-state index in [0.29, 0.717) is 22.8 Å². The highest BCUT2D eigenvalue weighted by molar-refractivity contribution is 7.13. The Morgan fingerprint density at radius 2 is 2.00 bits per heavy atom. The summed E-state index contributed by atoms with van der Waals surface area (Å²) >= 11 is 1.00. The second kappa shape index (κ2) is 13.5. The van der Waals surface area contributed by atoms with Gasteiger partial charge in [-0.1, -0.05) is 19.9 Å². The number of rotatable bonds is 13. The maximum Gasteiger partial charge on any atom is 0.410 e. The number of carbonyl (C=O) groups is 3. The molecule has 3 N–H and O–H groups in total. The van der Waals surface area contributed by atoms with Crippen molar-refractivity contribution in [3.8, 4) is 10.8 Å². The van der Waals surface area contributed by atoms with Gasteiger partial charge in [-0.25, -0.2) is 9.59 Å². The van der Waals surface area contributed by atoms with Gasteiger partial charge in [-0.15, -0.1) is 11.3 Å². The standard InChI is InChI=1S/C24H28FNO9S/c1-13(6-4-5-10-26-24(32)33-3)16-12-15(27)20(23(31)35-16)22(30)14(2)21(29)17-7-8-19(36-17)34-11-9-18(25)28/h5,7-8,10,12-14,21,27,29H,4,6,9,11H2,1-3H3,(H,26,32)/b10-5+. The zero-order valence-corrected chi connectivity index (χ0v) is 20.8. The van der Waals surface area contributed by atoms with Crippen LogP contribution in [0, 0.1) is 5.92 Å². The van der Waals surface area contributed by atoms with Gasteiger partial charge in [-0.2, -0.15) is 4.39 Å². The minimum atomic E-state index is -1.50. The summed E-state index contributed by atoms with van der Waals surface area (Å²) in [7, 11) is 1.24. The van der Waals surface area contributed by atoms with Gasteiger partial charge in [0.05, 0.1) is 32.2 Å². The second-order valence-corrected chi connectivity index (χ2v) is 9.00. The molecule has 0 aliphatic heterocycles. The fraction of sp³-hybridized carbons (Fsp3) is 0.417. The molecule has 2 aromatic heterocycles. The Kier molecular flexibility index (Phi) is 10.8. The number of carbonyl (C=O) groups excluding carboxylic acids is 3. The smallest absolute Gasteiger partial charge is 0.410 e. The van der Waals surface area contributed by atoms with Crippen LogP contribution >= 0.6 is 11.3 Å². The van der Waals surface area contributed by atoms with Gasteiger partial charge in [-0.05, 0) is 25.0 Å². The van der Waals surface area contributed by atoms with Crippen molar-refractivity contribution < 1.29 is 42.9 Å². The lowest BCUT2D eigenvalue weighted by atomic mass is 9.93. The SMILES string of the molecule is COC(=O)N/C=C/CCC(C)c1cc(O)c(C(=O)C(C)C(O)c2ccc(OCCC(=O)F)s2)c(=O)o1. The summed E-state index contributed by atoms with van der Waals surface area (Å²) in [6, 6.07) is 2.72. The molecule has 2 rings (SSSR count). The quantitative estimate of drug-likeness (QED) is 0.260. The van der Waals surface area contributed by atoms with Crippen molar-refractivity contribution in [2.24, 2.45) is 5.92 Å². The van der Waals surface area contributed by atoms with Gasteiger partial charge < -0.3 is 24.1 Å².